The Morgan fingerprint density at radius 1 is 1.39 bits per heavy atom. The van der Waals surface area contributed by atoms with Crippen LogP contribution < -0.4 is 5.73 Å². The van der Waals surface area contributed by atoms with Crippen molar-refractivity contribution in [3.63, 3.8) is 0 Å². The molecule has 0 saturated carbocycles. The summed E-state index contributed by atoms with van der Waals surface area (Å²) in [6.07, 6.45) is 2.22. The van der Waals surface area contributed by atoms with E-state index in [1.54, 1.807) is 6.07 Å². The molecule has 1 fully saturated rings. The molecule has 1 aromatic heterocycles. The molecule has 1 amide bonds. The van der Waals surface area contributed by atoms with Crippen LogP contribution in [0.4, 0.5) is 5.95 Å². The normalized spacial score (nSPS) is 24.1. The van der Waals surface area contributed by atoms with Gasteiger partial charge >= 0.3 is 0 Å². The smallest absolute Gasteiger partial charge is 0.272 e. The highest BCUT2D eigenvalue weighted by Gasteiger charge is 2.28. The topological polar surface area (TPSA) is 72.1 Å². The lowest BCUT2D eigenvalue weighted by molar-refractivity contribution is 0.0568. The van der Waals surface area contributed by atoms with Crippen molar-refractivity contribution in [3.05, 3.63) is 17.5 Å². The van der Waals surface area contributed by atoms with E-state index in [4.69, 9.17) is 5.73 Å². The lowest BCUT2D eigenvalue weighted by Gasteiger charge is -2.36. The number of carbonyl (C=O) groups excluding carboxylic acids is 1. The second-order valence-corrected chi connectivity index (χ2v) is 5.24. The molecular formula is C13H20N4O. The molecule has 0 spiro atoms. The van der Waals surface area contributed by atoms with Gasteiger partial charge in [-0.2, -0.15) is 0 Å². The van der Waals surface area contributed by atoms with Gasteiger partial charge in [-0.15, -0.1) is 0 Å². The summed E-state index contributed by atoms with van der Waals surface area (Å²) in [5.74, 6) is 0.674. The molecule has 2 atom stereocenters. The Balaban J connectivity index is 2.24. The van der Waals surface area contributed by atoms with Crippen molar-refractivity contribution < 1.29 is 4.79 Å². The van der Waals surface area contributed by atoms with Crippen LogP contribution in [0.25, 0.3) is 0 Å². The zero-order valence-electron chi connectivity index (χ0n) is 11.2. The van der Waals surface area contributed by atoms with Crippen molar-refractivity contribution in [1.82, 2.24) is 14.9 Å². The Bertz CT molecular complexity index is 440. The number of nitrogen functional groups attached to an aromatic ring is 1. The minimum atomic E-state index is -0.0359. The van der Waals surface area contributed by atoms with Crippen molar-refractivity contribution in [2.45, 2.75) is 39.7 Å². The van der Waals surface area contributed by atoms with E-state index in [0.29, 0.717) is 11.6 Å². The molecule has 2 rings (SSSR count). The molecule has 1 aromatic rings. The van der Waals surface area contributed by atoms with E-state index >= 15 is 0 Å². The number of hydrogen-bond acceptors (Lipinski definition) is 4. The maximum absolute atomic E-state index is 12.4. The van der Waals surface area contributed by atoms with Gasteiger partial charge in [0.25, 0.3) is 5.91 Å². The van der Waals surface area contributed by atoms with Gasteiger partial charge in [0.15, 0.2) is 0 Å². The van der Waals surface area contributed by atoms with E-state index in [-0.39, 0.29) is 17.9 Å². The van der Waals surface area contributed by atoms with Gasteiger partial charge < -0.3 is 10.6 Å². The van der Waals surface area contributed by atoms with Crippen LogP contribution in [0.2, 0.25) is 0 Å². The Hall–Kier alpha value is -1.65. The number of rotatable bonds is 1. The van der Waals surface area contributed by atoms with E-state index in [1.807, 2.05) is 11.8 Å². The van der Waals surface area contributed by atoms with Gasteiger partial charge in [0, 0.05) is 18.3 Å². The largest absolute Gasteiger partial charge is 0.368 e. The summed E-state index contributed by atoms with van der Waals surface area (Å²) in [7, 11) is 0. The van der Waals surface area contributed by atoms with Crippen LogP contribution >= 0.6 is 0 Å². The zero-order chi connectivity index (χ0) is 13.3. The number of anilines is 1. The number of amides is 1. The highest BCUT2D eigenvalue weighted by molar-refractivity contribution is 5.93. The van der Waals surface area contributed by atoms with Crippen molar-refractivity contribution in [2.24, 2.45) is 5.92 Å². The van der Waals surface area contributed by atoms with Gasteiger partial charge in [0.2, 0.25) is 5.95 Å². The summed E-state index contributed by atoms with van der Waals surface area (Å²) < 4.78 is 0. The molecule has 0 aromatic carbocycles. The second-order valence-electron chi connectivity index (χ2n) is 5.24. The third-order valence-electron chi connectivity index (χ3n) is 3.47. The van der Waals surface area contributed by atoms with Crippen molar-refractivity contribution in [1.29, 1.82) is 0 Å². The predicted octanol–water partition coefficient (Wildman–Crippen LogP) is 1.63. The zero-order valence-corrected chi connectivity index (χ0v) is 11.2. The molecule has 1 aliphatic rings. The van der Waals surface area contributed by atoms with Gasteiger partial charge in [-0.25, -0.2) is 9.97 Å². The van der Waals surface area contributed by atoms with Gasteiger partial charge in [0.1, 0.15) is 5.69 Å². The minimum absolute atomic E-state index is 0.0359. The summed E-state index contributed by atoms with van der Waals surface area (Å²) in [6.45, 7) is 6.87. The van der Waals surface area contributed by atoms with Crippen LogP contribution in [-0.2, 0) is 0 Å². The molecular weight excluding hydrogens is 228 g/mol. The predicted molar refractivity (Wildman–Crippen MR) is 70.1 cm³/mol. The molecule has 0 aliphatic carbocycles. The Kier molecular flexibility index (Phi) is 3.50. The van der Waals surface area contributed by atoms with Crippen LogP contribution in [-0.4, -0.2) is 33.4 Å². The summed E-state index contributed by atoms with van der Waals surface area (Å²) >= 11 is 0. The van der Waals surface area contributed by atoms with Crippen molar-refractivity contribution in [3.8, 4) is 0 Å². The maximum Gasteiger partial charge on any atom is 0.272 e. The van der Waals surface area contributed by atoms with Crippen molar-refractivity contribution >= 4 is 11.9 Å². The third kappa shape index (κ3) is 2.60. The summed E-state index contributed by atoms with van der Waals surface area (Å²) in [6, 6.07) is 1.97. The van der Waals surface area contributed by atoms with E-state index < -0.39 is 0 Å². The number of aromatic nitrogens is 2. The van der Waals surface area contributed by atoms with Crippen LogP contribution in [0, 0.1) is 12.8 Å². The fourth-order valence-electron chi connectivity index (χ4n) is 2.42. The first-order valence-corrected chi connectivity index (χ1v) is 6.39. The molecule has 5 heteroatoms. The SMILES string of the molecule is Cc1cc(C(=O)N2CC(C)CCC2C)nc(N)n1. The molecule has 1 aliphatic heterocycles. The maximum atomic E-state index is 12.4. The molecule has 2 N–H and O–H groups in total. The van der Waals surface area contributed by atoms with E-state index in [0.717, 1.165) is 18.7 Å². The fraction of sp³-hybridized carbons (Fsp3) is 0.615. The average Bonchev–Trinajstić information content (AvgIpc) is 2.30. The number of hydrogen-bond donors (Lipinski definition) is 1. The average molecular weight is 248 g/mol. The Morgan fingerprint density at radius 3 is 2.78 bits per heavy atom. The summed E-state index contributed by atoms with van der Waals surface area (Å²) in [5, 5.41) is 0. The van der Waals surface area contributed by atoms with Crippen LogP contribution in [0.5, 0.6) is 0 Å². The Labute approximate surface area is 107 Å². The summed E-state index contributed by atoms with van der Waals surface area (Å²) in [4.78, 5) is 22.4. The first-order valence-electron chi connectivity index (χ1n) is 6.39. The van der Waals surface area contributed by atoms with Gasteiger partial charge in [-0.3, -0.25) is 4.79 Å². The molecule has 2 heterocycles. The molecule has 98 valence electrons. The number of likely N-dealkylation sites (tertiary alicyclic amines) is 1. The lowest BCUT2D eigenvalue weighted by atomic mass is 9.95. The van der Waals surface area contributed by atoms with Crippen molar-refractivity contribution in [2.75, 3.05) is 12.3 Å². The highest BCUT2D eigenvalue weighted by Crippen LogP contribution is 2.23. The number of piperidine rings is 1. The minimum Gasteiger partial charge on any atom is -0.368 e. The fourth-order valence-corrected chi connectivity index (χ4v) is 2.42. The molecule has 1 saturated heterocycles. The molecule has 0 bridgehead atoms. The van der Waals surface area contributed by atoms with E-state index in [1.165, 1.54) is 6.42 Å². The number of carbonyl (C=O) groups is 1. The van der Waals surface area contributed by atoms with Crippen LogP contribution in [0.1, 0.15) is 42.9 Å². The number of nitrogens with zero attached hydrogens (tertiary/aromatic N) is 3. The number of nitrogens with two attached hydrogens (primary N) is 1. The second kappa shape index (κ2) is 4.92. The molecule has 18 heavy (non-hydrogen) atoms. The van der Waals surface area contributed by atoms with E-state index in [2.05, 4.69) is 23.8 Å². The lowest BCUT2D eigenvalue weighted by Crippen LogP contribution is -2.45. The third-order valence-corrected chi connectivity index (χ3v) is 3.47. The summed E-state index contributed by atoms with van der Waals surface area (Å²) in [5.41, 5.74) is 6.72. The van der Waals surface area contributed by atoms with Gasteiger partial charge in [0.05, 0.1) is 0 Å². The molecule has 5 nitrogen and oxygen atoms in total. The van der Waals surface area contributed by atoms with E-state index in [9.17, 15) is 4.79 Å². The highest BCUT2D eigenvalue weighted by atomic mass is 16.2. The molecule has 2 unspecified atom stereocenters. The van der Waals surface area contributed by atoms with Gasteiger partial charge in [-0.1, -0.05) is 6.92 Å². The molecule has 0 radical (unpaired) electrons. The van der Waals surface area contributed by atoms with Crippen LogP contribution in [0.3, 0.4) is 0 Å². The number of aryl methyl sites for hydroxylation is 1. The quantitative estimate of drug-likeness (QED) is 0.819. The first kappa shape index (κ1) is 12.8. The van der Waals surface area contributed by atoms with Crippen LogP contribution in [0.15, 0.2) is 6.07 Å². The van der Waals surface area contributed by atoms with Gasteiger partial charge in [-0.05, 0) is 38.7 Å². The Morgan fingerprint density at radius 2 is 2.11 bits per heavy atom. The standard InChI is InChI=1S/C13H20N4O/c1-8-4-5-10(3)17(7-8)12(18)11-6-9(2)15-13(14)16-11/h6,8,10H,4-5,7H2,1-3H3,(H2,14,15,16). The first-order chi connectivity index (χ1) is 8.47. The monoisotopic (exact) mass is 248 g/mol.